The van der Waals surface area contributed by atoms with Crippen molar-refractivity contribution >= 4 is 21.9 Å². The average molecular weight is 647 g/mol. The molecule has 0 N–H and O–H groups in total. The summed E-state index contributed by atoms with van der Waals surface area (Å²) in [6.07, 6.45) is 3.60. The number of rotatable bonds is 3. The zero-order valence-electron chi connectivity index (χ0n) is 20.5. The molecule has 6 aromatic rings. The Morgan fingerprint density at radius 3 is 2.17 bits per heavy atom. The topological polar surface area (TPSA) is 38.9 Å². The Morgan fingerprint density at radius 2 is 1.47 bits per heavy atom. The summed E-state index contributed by atoms with van der Waals surface area (Å²) in [7, 11) is 0. The van der Waals surface area contributed by atoms with E-state index < -0.39 is 0 Å². The molecule has 36 heavy (non-hydrogen) atoms. The quantitative estimate of drug-likeness (QED) is 0.181. The first-order valence-corrected chi connectivity index (χ1v) is 11.8. The van der Waals surface area contributed by atoms with Gasteiger partial charge >= 0.3 is 0 Å². The van der Waals surface area contributed by atoms with Crippen LogP contribution in [-0.2, 0) is 20.1 Å². The van der Waals surface area contributed by atoms with Crippen LogP contribution in [0.5, 0.6) is 0 Å². The maximum absolute atomic E-state index is 6.02. The van der Waals surface area contributed by atoms with Crippen molar-refractivity contribution in [2.24, 2.45) is 0 Å². The molecule has 0 aliphatic rings. The van der Waals surface area contributed by atoms with E-state index in [1.54, 1.807) is 6.20 Å². The van der Waals surface area contributed by atoms with Crippen LogP contribution in [0.2, 0.25) is 0 Å². The van der Waals surface area contributed by atoms with Gasteiger partial charge in [-0.2, -0.15) is 0 Å². The van der Waals surface area contributed by atoms with Crippen LogP contribution in [-0.4, -0.2) is 9.97 Å². The Morgan fingerprint density at radius 1 is 0.778 bits per heavy atom. The van der Waals surface area contributed by atoms with Crippen molar-refractivity contribution in [2.75, 3.05) is 0 Å². The number of aryl methyl sites for hydroxylation is 1. The normalized spacial score (nSPS) is 10.7. The molecule has 1 radical (unpaired) electrons. The molecular weight excluding hydrogens is 621 g/mol. The first-order valence-electron chi connectivity index (χ1n) is 11.8. The van der Waals surface area contributed by atoms with Crippen LogP contribution in [0.25, 0.3) is 44.5 Å². The van der Waals surface area contributed by atoms with Crippen LogP contribution in [0.3, 0.4) is 0 Å². The van der Waals surface area contributed by atoms with Gasteiger partial charge < -0.3 is 14.4 Å². The molecule has 0 spiro atoms. The average Bonchev–Trinajstić information content (AvgIpc) is 3.28. The van der Waals surface area contributed by atoms with Crippen molar-refractivity contribution in [3.05, 3.63) is 121 Å². The fraction of sp³-hybridized carbons (Fsp3) is 0.125. The Hall–Kier alpha value is -3.59. The van der Waals surface area contributed by atoms with E-state index in [1.807, 2.05) is 73.8 Å². The maximum Gasteiger partial charge on any atom is 0.120 e. The van der Waals surface area contributed by atoms with Crippen molar-refractivity contribution in [3.8, 4) is 22.5 Å². The van der Waals surface area contributed by atoms with Crippen molar-refractivity contribution in [3.63, 3.8) is 0 Å². The van der Waals surface area contributed by atoms with Gasteiger partial charge in [0.25, 0.3) is 0 Å². The summed E-state index contributed by atoms with van der Waals surface area (Å²) in [5.41, 5.74) is 8.05. The van der Waals surface area contributed by atoms with Crippen molar-refractivity contribution in [1.82, 2.24) is 9.97 Å². The summed E-state index contributed by atoms with van der Waals surface area (Å²) in [6.45, 7) is 6.43. The molecule has 181 valence electrons. The second kappa shape index (κ2) is 11.4. The Labute approximate surface area is 225 Å². The molecule has 4 heteroatoms. The number of hydrogen-bond donors (Lipinski definition) is 0. The van der Waals surface area contributed by atoms with E-state index in [4.69, 9.17) is 4.42 Å². The van der Waals surface area contributed by atoms with E-state index >= 15 is 0 Å². The smallest absolute Gasteiger partial charge is 0.120 e. The molecule has 6 rings (SSSR count). The van der Waals surface area contributed by atoms with Crippen LogP contribution in [0.15, 0.2) is 102 Å². The third-order valence-corrected chi connectivity index (χ3v) is 5.90. The molecule has 0 bridgehead atoms. The Balaban J connectivity index is 0.000000172. The molecule has 0 aliphatic heterocycles. The van der Waals surface area contributed by atoms with E-state index in [0.717, 1.165) is 50.0 Å². The van der Waals surface area contributed by atoms with Crippen molar-refractivity contribution < 1.29 is 24.5 Å². The predicted molar refractivity (Wildman–Crippen MR) is 143 cm³/mol. The molecule has 0 aliphatic carbocycles. The molecule has 0 fully saturated rings. The van der Waals surface area contributed by atoms with Gasteiger partial charge in [0.05, 0.1) is 5.58 Å². The number of aromatic nitrogens is 2. The molecule has 3 heterocycles. The first kappa shape index (κ1) is 25.5. The number of fused-ring (bicyclic) bond motifs is 3. The summed E-state index contributed by atoms with van der Waals surface area (Å²) in [5.74, 6) is 0.544. The molecule has 0 saturated heterocycles. The van der Waals surface area contributed by atoms with Crippen LogP contribution in [0.4, 0.5) is 0 Å². The van der Waals surface area contributed by atoms with Gasteiger partial charge in [0.1, 0.15) is 5.58 Å². The molecule has 0 saturated carbocycles. The Bertz CT molecular complexity index is 1570. The number of nitrogens with zero attached hydrogens (tertiary/aromatic N) is 2. The van der Waals surface area contributed by atoms with Crippen LogP contribution < -0.4 is 0 Å². The van der Waals surface area contributed by atoms with Crippen LogP contribution >= 0.6 is 0 Å². The van der Waals surface area contributed by atoms with Gasteiger partial charge in [-0.1, -0.05) is 74.2 Å². The molecule has 0 unspecified atom stereocenters. The SMILES string of the molecule is CC(C)c1cc[c-]c(-c2ccccn2)c1.Cc1[c-]c(-c2ccccn2)c2oc3ccccc3c2c1.[Ir]. The largest absolute Gasteiger partial charge is 0.501 e. The number of para-hydroxylation sites is 1. The first-order chi connectivity index (χ1) is 17.1. The van der Waals surface area contributed by atoms with E-state index in [9.17, 15) is 0 Å². The van der Waals surface area contributed by atoms with Crippen LogP contribution in [0, 0.1) is 19.1 Å². The monoisotopic (exact) mass is 647 g/mol. The van der Waals surface area contributed by atoms with Crippen molar-refractivity contribution in [2.45, 2.75) is 26.7 Å². The van der Waals surface area contributed by atoms with Gasteiger partial charge in [0.2, 0.25) is 0 Å². The minimum Gasteiger partial charge on any atom is -0.501 e. The standard InChI is InChI=1S/C18H12NO.C14H14N.Ir/c1-12-10-14-13-6-2-3-8-17(13)20-18(14)15(11-12)16-7-4-5-9-19-16;1-11(2)12-6-5-7-13(10-12)14-8-3-4-9-15-14;/h2-10H,1H3;3-6,8-11H,1-2H3;/q2*-1;. The van der Waals surface area contributed by atoms with Gasteiger partial charge in [-0.05, 0) is 35.5 Å². The summed E-state index contributed by atoms with van der Waals surface area (Å²) in [4.78, 5) is 8.74. The third-order valence-electron chi connectivity index (χ3n) is 5.90. The summed E-state index contributed by atoms with van der Waals surface area (Å²) in [6, 6.07) is 34.9. The molecule has 3 aromatic heterocycles. The summed E-state index contributed by atoms with van der Waals surface area (Å²) >= 11 is 0. The zero-order chi connectivity index (χ0) is 24.2. The van der Waals surface area contributed by atoms with Gasteiger partial charge in [0.15, 0.2) is 0 Å². The van der Waals surface area contributed by atoms with Gasteiger partial charge in [-0.25, -0.2) is 0 Å². The van der Waals surface area contributed by atoms with Gasteiger partial charge in [-0.3, -0.25) is 0 Å². The maximum atomic E-state index is 6.02. The van der Waals surface area contributed by atoms with E-state index in [-0.39, 0.29) is 20.1 Å². The fourth-order valence-corrected chi connectivity index (χ4v) is 4.11. The second-order valence-corrected chi connectivity index (χ2v) is 8.79. The number of pyridine rings is 2. The minimum absolute atomic E-state index is 0. The molecule has 0 atom stereocenters. The number of furan rings is 1. The fourth-order valence-electron chi connectivity index (χ4n) is 4.11. The van der Waals surface area contributed by atoms with E-state index in [1.165, 1.54) is 5.56 Å². The Kier molecular flexibility index (Phi) is 8.10. The third kappa shape index (κ3) is 5.46. The summed E-state index contributed by atoms with van der Waals surface area (Å²) in [5, 5.41) is 2.26. The number of hydrogen-bond acceptors (Lipinski definition) is 3. The summed E-state index contributed by atoms with van der Waals surface area (Å²) < 4.78 is 6.02. The van der Waals surface area contributed by atoms with Crippen molar-refractivity contribution in [1.29, 1.82) is 0 Å². The van der Waals surface area contributed by atoms with Crippen LogP contribution in [0.1, 0.15) is 30.9 Å². The van der Waals surface area contributed by atoms with Gasteiger partial charge in [-0.15, -0.1) is 53.1 Å². The second-order valence-electron chi connectivity index (χ2n) is 8.79. The minimum atomic E-state index is 0. The predicted octanol–water partition coefficient (Wildman–Crippen LogP) is 8.43. The molecule has 3 aromatic carbocycles. The molecular formula is C32H26IrN2O-2. The van der Waals surface area contributed by atoms with E-state index in [2.05, 4.69) is 60.2 Å². The van der Waals surface area contributed by atoms with Gasteiger partial charge in [0, 0.05) is 37.9 Å². The van der Waals surface area contributed by atoms with E-state index in [0.29, 0.717) is 5.92 Å². The zero-order valence-corrected chi connectivity index (χ0v) is 22.8. The molecule has 0 amide bonds. The molecule has 3 nitrogen and oxygen atoms in total. The number of benzene rings is 3.